The first-order valence-electron chi connectivity index (χ1n) is 7.06. The Kier molecular flexibility index (Phi) is 3.58. The van der Waals surface area contributed by atoms with Crippen molar-refractivity contribution in [3.8, 4) is 0 Å². The van der Waals surface area contributed by atoms with Crippen molar-refractivity contribution in [3.63, 3.8) is 0 Å². The Morgan fingerprint density at radius 1 is 1.55 bits per heavy atom. The van der Waals surface area contributed by atoms with Gasteiger partial charge in [0.15, 0.2) is 0 Å². The van der Waals surface area contributed by atoms with Crippen molar-refractivity contribution in [1.29, 1.82) is 0 Å². The first kappa shape index (κ1) is 13.0. The molecule has 2 unspecified atom stereocenters. The van der Waals surface area contributed by atoms with Crippen LogP contribution in [-0.2, 0) is 17.8 Å². The molecule has 0 aliphatic heterocycles. The number of furan rings is 1. The highest BCUT2D eigenvalue weighted by atomic mass is 16.3. The third kappa shape index (κ3) is 3.10. The smallest absolute Gasteiger partial charge is 0.220 e. The molecule has 0 aromatic carbocycles. The normalized spacial score (nSPS) is 20.9. The molecule has 2 N–H and O–H groups in total. The fraction of sp³-hybridized carbons (Fsp3) is 0.467. The van der Waals surface area contributed by atoms with Gasteiger partial charge in [-0.05, 0) is 24.5 Å². The predicted octanol–water partition coefficient (Wildman–Crippen LogP) is 2.38. The van der Waals surface area contributed by atoms with Crippen molar-refractivity contribution in [3.05, 3.63) is 41.9 Å². The fourth-order valence-electron chi connectivity index (χ4n) is 2.35. The number of H-pyrrole nitrogens is 1. The fourth-order valence-corrected chi connectivity index (χ4v) is 2.35. The number of aromatic nitrogens is 2. The lowest BCUT2D eigenvalue weighted by Gasteiger charge is -2.02. The van der Waals surface area contributed by atoms with E-state index in [9.17, 15) is 4.79 Å². The largest absolute Gasteiger partial charge is 0.466 e. The van der Waals surface area contributed by atoms with Gasteiger partial charge in [0.2, 0.25) is 5.91 Å². The average molecular weight is 273 g/mol. The molecule has 2 heterocycles. The van der Waals surface area contributed by atoms with Crippen LogP contribution in [0.1, 0.15) is 43.0 Å². The second-order valence-corrected chi connectivity index (χ2v) is 5.44. The summed E-state index contributed by atoms with van der Waals surface area (Å²) in [6, 6.07) is 4.03. The molecule has 1 amide bonds. The number of aromatic amines is 1. The summed E-state index contributed by atoms with van der Waals surface area (Å²) < 4.78 is 5.78. The summed E-state index contributed by atoms with van der Waals surface area (Å²) in [6.45, 7) is 2.67. The summed E-state index contributed by atoms with van der Waals surface area (Å²) in [4.78, 5) is 18.7. The predicted molar refractivity (Wildman–Crippen MR) is 74.0 cm³/mol. The van der Waals surface area contributed by atoms with E-state index < -0.39 is 0 Å². The molecular formula is C15H19N3O2. The van der Waals surface area contributed by atoms with E-state index >= 15 is 0 Å². The van der Waals surface area contributed by atoms with Crippen LogP contribution in [0.4, 0.5) is 0 Å². The van der Waals surface area contributed by atoms with Crippen LogP contribution in [0.5, 0.6) is 0 Å². The minimum atomic E-state index is 0.0131. The number of nitrogens with one attached hydrogen (secondary N) is 2. The third-order valence-corrected chi connectivity index (χ3v) is 3.76. The molecule has 5 heteroatoms. The van der Waals surface area contributed by atoms with E-state index in [1.807, 2.05) is 12.1 Å². The molecule has 106 valence electrons. The number of rotatable bonds is 6. The zero-order valence-electron chi connectivity index (χ0n) is 11.6. The van der Waals surface area contributed by atoms with Crippen LogP contribution in [-0.4, -0.2) is 15.9 Å². The summed E-state index contributed by atoms with van der Waals surface area (Å²) in [5.74, 6) is 4.08. The van der Waals surface area contributed by atoms with Crippen LogP contribution in [0, 0.1) is 5.92 Å². The first-order valence-corrected chi connectivity index (χ1v) is 7.06. The summed E-state index contributed by atoms with van der Waals surface area (Å²) in [6.07, 6.45) is 5.71. The lowest BCUT2D eigenvalue weighted by Crippen LogP contribution is -2.23. The average Bonchev–Trinajstić information content (AvgIpc) is 2.92. The van der Waals surface area contributed by atoms with E-state index in [0.717, 1.165) is 23.3 Å². The standard InChI is InChI=1S/C15H19N3O2/c1-10-8-12(10)13-4-2-11(20-13)3-5-15(19)18-9-14-16-6-7-17-14/h2,4,6-7,10,12H,3,5,8-9H2,1H3,(H,16,17)(H,18,19). The molecule has 1 aliphatic rings. The highest BCUT2D eigenvalue weighted by Crippen LogP contribution is 2.47. The Labute approximate surface area is 117 Å². The lowest BCUT2D eigenvalue weighted by atomic mass is 10.2. The molecule has 2 atom stereocenters. The third-order valence-electron chi connectivity index (χ3n) is 3.76. The summed E-state index contributed by atoms with van der Waals surface area (Å²) in [5.41, 5.74) is 0. The summed E-state index contributed by atoms with van der Waals surface area (Å²) in [5, 5.41) is 2.83. The zero-order chi connectivity index (χ0) is 13.9. The second kappa shape index (κ2) is 5.53. The second-order valence-electron chi connectivity index (χ2n) is 5.44. The quantitative estimate of drug-likeness (QED) is 0.848. The minimum absolute atomic E-state index is 0.0131. The van der Waals surface area contributed by atoms with Gasteiger partial charge in [0.1, 0.15) is 17.3 Å². The number of imidazole rings is 1. The minimum Gasteiger partial charge on any atom is -0.466 e. The highest BCUT2D eigenvalue weighted by molar-refractivity contribution is 5.75. The topological polar surface area (TPSA) is 70.9 Å². The Balaban J connectivity index is 1.42. The number of aryl methyl sites for hydroxylation is 1. The molecular weight excluding hydrogens is 254 g/mol. The Bertz CT molecular complexity index is 574. The maximum Gasteiger partial charge on any atom is 0.220 e. The van der Waals surface area contributed by atoms with Gasteiger partial charge in [0.25, 0.3) is 0 Å². The molecule has 2 aromatic rings. The van der Waals surface area contributed by atoms with Gasteiger partial charge in [0.05, 0.1) is 6.54 Å². The van der Waals surface area contributed by atoms with Gasteiger partial charge in [-0.25, -0.2) is 4.98 Å². The summed E-state index contributed by atoms with van der Waals surface area (Å²) in [7, 11) is 0. The SMILES string of the molecule is CC1CC1c1ccc(CCC(=O)NCc2ncc[nH]2)o1. The molecule has 0 radical (unpaired) electrons. The van der Waals surface area contributed by atoms with Crippen molar-refractivity contribution in [1.82, 2.24) is 15.3 Å². The van der Waals surface area contributed by atoms with E-state index in [-0.39, 0.29) is 5.91 Å². The maximum atomic E-state index is 11.7. The number of carbonyl (C=O) groups excluding carboxylic acids is 1. The molecule has 3 rings (SSSR count). The zero-order valence-corrected chi connectivity index (χ0v) is 11.6. The van der Waals surface area contributed by atoms with Gasteiger partial charge in [-0.15, -0.1) is 0 Å². The highest BCUT2D eigenvalue weighted by Gasteiger charge is 2.36. The van der Waals surface area contributed by atoms with Crippen LogP contribution in [0.25, 0.3) is 0 Å². The molecule has 1 fully saturated rings. The van der Waals surface area contributed by atoms with Crippen molar-refractivity contribution in [2.24, 2.45) is 5.92 Å². The molecule has 0 saturated heterocycles. The number of nitrogens with zero attached hydrogens (tertiary/aromatic N) is 1. The van der Waals surface area contributed by atoms with Crippen LogP contribution in [0.3, 0.4) is 0 Å². The molecule has 1 aliphatic carbocycles. The maximum absolute atomic E-state index is 11.7. The van der Waals surface area contributed by atoms with Crippen LogP contribution in [0.15, 0.2) is 28.9 Å². The Morgan fingerprint density at radius 3 is 3.10 bits per heavy atom. The monoisotopic (exact) mass is 273 g/mol. The van der Waals surface area contributed by atoms with E-state index in [0.29, 0.717) is 25.3 Å². The number of amides is 1. The van der Waals surface area contributed by atoms with Gasteiger partial charge < -0.3 is 14.7 Å². The van der Waals surface area contributed by atoms with E-state index in [1.54, 1.807) is 12.4 Å². The van der Waals surface area contributed by atoms with Gasteiger partial charge in [-0.3, -0.25) is 4.79 Å². The van der Waals surface area contributed by atoms with Crippen molar-refractivity contribution in [2.45, 2.75) is 38.6 Å². The Hall–Kier alpha value is -2.04. The van der Waals surface area contributed by atoms with Gasteiger partial charge in [0, 0.05) is 31.2 Å². The molecule has 1 saturated carbocycles. The number of hydrogen-bond acceptors (Lipinski definition) is 3. The Morgan fingerprint density at radius 2 is 2.40 bits per heavy atom. The molecule has 2 aromatic heterocycles. The van der Waals surface area contributed by atoms with Crippen molar-refractivity contribution in [2.75, 3.05) is 0 Å². The van der Waals surface area contributed by atoms with Gasteiger partial charge in [-0.2, -0.15) is 0 Å². The van der Waals surface area contributed by atoms with Crippen molar-refractivity contribution >= 4 is 5.91 Å². The summed E-state index contributed by atoms with van der Waals surface area (Å²) >= 11 is 0. The number of hydrogen-bond donors (Lipinski definition) is 2. The van der Waals surface area contributed by atoms with Crippen LogP contribution >= 0.6 is 0 Å². The number of carbonyl (C=O) groups is 1. The van der Waals surface area contributed by atoms with Crippen LogP contribution in [0.2, 0.25) is 0 Å². The lowest BCUT2D eigenvalue weighted by molar-refractivity contribution is -0.121. The van der Waals surface area contributed by atoms with Gasteiger partial charge in [-0.1, -0.05) is 6.92 Å². The first-order chi connectivity index (χ1) is 9.72. The van der Waals surface area contributed by atoms with Gasteiger partial charge >= 0.3 is 0 Å². The molecule has 5 nitrogen and oxygen atoms in total. The van der Waals surface area contributed by atoms with Crippen LogP contribution < -0.4 is 5.32 Å². The van der Waals surface area contributed by atoms with E-state index in [1.165, 1.54) is 6.42 Å². The molecule has 0 spiro atoms. The molecule has 0 bridgehead atoms. The molecule has 20 heavy (non-hydrogen) atoms. The van der Waals surface area contributed by atoms with E-state index in [2.05, 4.69) is 22.2 Å². The van der Waals surface area contributed by atoms with E-state index in [4.69, 9.17) is 4.42 Å². The van der Waals surface area contributed by atoms with Crippen molar-refractivity contribution < 1.29 is 9.21 Å².